The fourth-order valence-electron chi connectivity index (χ4n) is 5.06. The Labute approximate surface area is 201 Å². The van der Waals surface area contributed by atoms with Crippen molar-refractivity contribution >= 4 is 17.3 Å². The number of rotatable bonds is 5. The summed E-state index contributed by atoms with van der Waals surface area (Å²) in [4.78, 5) is 17.6. The Balaban J connectivity index is 1.45. The van der Waals surface area contributed by atoms with Gasteiger partial charge in [-0.25, -0.2) is 0 Å². The molecule has 6 nitrogen and oxygen atoms in total. The van der Waals surface area contributed by atoms with Crippen LogP contribution in [0.2, 0.25) is 0 Å². The van der Waals surface area contributed by atoms with E-state index in [4.69, 9.17) is 9.15 Å². The lowest BCUT2D eigenvalue weighted by molar-refractivity contribution is -0.137. The molecular weight excluding hydrogens is 459 g/mol. The van der Waals surface area contributed by atoms with Crippen molar-refractivity contribution in [2.75, 3.05) is 36.5 Å². The molecule has 2 aliphatic heterocycles. The number of fused-ring (bicyclic) bond motifs is 3. The Bertz CT molecular complexity index is 1200. The molecule has 9 heteroatoms. The fourth-order valence-corrected chi connectivity index (χ4v) is 5.06. The third kappa shape index (κ3) is 4.67. The number of carbonyl (C=O) groups excluding carboxylic acids is 1. The van der Waals surface area contributed by atoms with Crippen molar-refractivity contribution in [2.45, 2.75) is 25.2 Å². The molecule has 1 saturated heterocycles. The molecule has 0 saturated carbocycles. The van der Waals surface area contributed by atoms with Gasteiger partial charge in [0.05, 0.1) is 37.4 Å². The van der Waals surface area contributed by atoms with Crippen molar-refractivity contribution in [1.82, 2.24) is 5.32 Å². The Kier molecular flexibility index (Phi) is 6.08. The molecule has 0 spiro atoms. The maximum atomic E-state index is 13.4. The van der Waals surface area contributed by atoms with E-state index in [-0.39, 0.29) is 24.9 Å². The highest BCUT2D eigenvalue weighted by molar-refractivity contribution is 5.82. The molecule has 1 aromatic heterocycles. The first-order valence-corrected chi connectivity index (χ1v) is 11.5. The molecule has 1 fully saturated rings. The second-order valence-electron chi connectivity index (χ2n) is 8.86. The Hall–Kier alpha value is -3.62. The van der Waals surface area contributed by atoms with Crippen molar-refractivity contribution in [2.24, 2.45) is 5.92 Å². The van der Waals surface area contributed by atoms with Crippen molar-refractivity contribution in [1.29, 1.82) is 0 Å². The van der Waals surface area contributed by atoms with Gasteiger partial charge >= 0.3 is 6.18 Å². The number of benzene rings is 2. The minimum atomic E-state index is -4.44. The SMILES string of the molecule is COc1cccc(N2CCN3c4ccc(C(F)(F)F)cc4C[C@H](C(=O)NCc4ccco4)[C@H]3C2)c1. The molecule has 1 N–H and O–H groups in total. The summed E-state index contributed by atoms with van der Waals surface area (Å²) in [5, 5.41) is 2.92. The predicted octanol–water partition coefficient (Wildman–Crippen LogP) is 4.49. The van der Waals surface area contributed by atoms with E-state index in [0.29, 0.717) is 31.0 Å². The Morgan fingerprint density at radius 3 is 2.74 bits per heavy atom. The monoisotopic (exact) mass is 485 g/mol. The second-order valence-corrected chi connectivity index (χ2v) is 8.86. The summed E-state index contributed by atoms with van der Waals surface area (Å²) in [6.45, 7) is 2.05. The molecule has 1 amide bonds. The lowest BCUT2D eigenvalue weighted by atomic mass is 9.82. The highest BCUT2D eigenvalue weighted by Crippen LogP contribution is 2.40. The third-order valence-electron chi connectivity index (χ3n) is 6.81. The molecule has 0 bridgehead atoms. The van der Waals surface area contributed by atoms with Gasteiger partial charge in [-0.15, -0.1) is 0 Å². The number of nitrogens with one attached hydrogen (secondary N) is 1. The molecule has 2 atom stereocenters. The van der Waals surface area contributed by atoms with E-state index < -0.39 is 17.7 Å². The van der Waals surface area contributed by atoms with Crippen LogP contribution in [0.1, 0.15) is 16.9 Å². The standard InChI is InChI=1S/C26H26F3N3O3/c1-34-20-5-2-4-19(14-20)31-9-10-32-23-8-7-18(26(27,28)29)12-17(23)13-22(24(32)16-31)25(33)30-15-21-6-3-11-35-21/h2-8,11-12,14,22,24H,9-10,13,15-16H2,1H3,(H,30,33)/t22-,24+/m0/s1. The van der Waals surface area contributed by atoms with Gasteiger partial charge in [-0.1, -0.05) is 6.07 Å². The Morgan fingerprint density at radius 2 is 2.00 bits per heavy atom. The van der Waals surface area contributed by atoms with Crippen LogP contribution in [0, 0.1) is 5.92 Å². The van der Waals surface area contributed by atoms with Crippen LogP contribution in [0.5, 0.6) is 5.75 Å². The number of anilines is 2. The first kappa shape index (κ1) is 23.1. The minimum absolute atomic E-state index is 0.198. The lowest BCUT2D eigenvalue weighted by Crippen LogP contribution is -2.61. The third-order valence-corrected chi connectivity index (χ3v) is 6.81. The normalized spacial score (nSPS) is 19.7. The number of nitrogens with zero attached hydrogens (tertiary/aromatic N) is 2. The van der Waals surface area contributed by atoms with Gasteiger partial charge in [0.1, 0.15) is 11.5 Å². The quantitative estimate of drug-likeness (QED) is 0.577. The van der Waals surface area contributed by atoms with Gasteiger partial charge in [0.15, 0.2) is 0 Å². The van der Waals surface area contributed by atoms with Gasteiger partial charge in [-0.3, -0.25) is 4.79 Å². The number of carbonyl (C=O) groups is 1. The summed E-state index contributed by atoms with van der Waals surface area (Å²) in [5.41, 5.74) is 1.60. The topological polar surface area (TPSA) is 58.0 Å². The first-order chi connectivity index (χ1) is 16.8. The van der Waals surface area contributed by atoms with E-state index in [2.05, 4.69) is 15.1 Å². The molecular formula is C26H26F3N3O3. The van der Waals surface area contributed by atoms with Crippen LogP contribution in [-0.2, 0) is 23.9 Å². The summed E-state index contributed by atoms with van der Waals surface area (Å²) in [6, 6.07) is 14.9. The van der Waals surface area contributed by atoms with E-state index in [9.17, 15) is 18.0 Å². The summed E-state index contributed by atoms with van der Waals surface area (Å²) in [7, 11) is 1.61. The number of ether oxygens (including phenoxy) is 1. The molecule has 184 valence electrons. The van der Waals surface area contributed by atoms with Gasteiger partial charge in [-0.2, -0.15) is 13.2 Å². The van der Waals surface area contributed by atoms with E-state index in [1.54, 1.807) is 25.3 Å². The number of hydrogen-bond acceptors (Lipinski definition) is 5. The zero-order chi connectivity index (χ0) is 24.6. The lowest BCUT2D eigenvalue weighted by Gasteiger charge is -2.49. The molecule has 35 heavy (non-hydrogen) atoms. The van der Waals surface area contributed by atoms with Crippen LogP contribution in [0.4, 0.5) is 24.5 Å². The maximum absolute atomic E-state index is 13.4. The number of halogens is 3. The average molecular weight is 486 g/mol. The van der Waals surface area contributed by atoms with Crippen LogP contribution in [0.25, 0.3) is 0 Å². The van der Waals surface area contributed by atoms with Crippen LogP contribution in [0.3, 0.4) is 0 Å². The van der Waals surface area contributed by atoms with E-state index in [0.717, 1.165) is 23.2 Å². The summed E-state index contributed by atoms with van der Waals surface area (Å²) in [5.74, 6) is 0.639. The molecule has 5 rings (SSSR count). The van der Waals surface area contributed by atoms with Gasteiger partial charge in [0.25, 0.3) is 0 Å². The smallest absolute Gasteiger partial charge is 0.416 e. The first-order valence-electron chi connectivity index (χ1n) is 11.5. The number of furan rings is 1. The highest BCUT2D eigenvalue weighted by atomic mass is 19.4. The van der Waals surface area contributed by atoms with E-state index in [1.165, 1.54) is 12.3 Å². The van der Waals surface area contributed by atoms with Crippen molar-refractivity contribution in [3.8, 4) is 5.75 Å². The summed E-state index contributed by atoms with van der Waals surface area (Å²) in [6.07, 6.45) is -2.67. The molecule has 2 aliphatic rings. The van der Waals surface area contributed by atoms with Crippen molar-refractivity contribution < 1.29 is 27.1 Å². The molecule has 0 radical (unpaired) electrons. The van der Waals surface area contributed by atoms with Gasteiger partial charge < -0.3 is 24.3 Å². The van der Waals surface area contributed by atoms with Crippen molar-refractivity contribution in [3.05, 3.63) is 77.7 Å². The average Bonchev–Trinajstić information content (AvgIpc) is 3.39. The van der Waals surface area contributed by atoms with E-state index >= 15 is 0 Å². The molecule has 2 aromatic carbocycles. The van der Waals surface area contributed by atoms with Crippen LogP contribution >= 0.6 is 0 Å². The van der Waals surface area contributed by atoms with Gasteiger partial charge in [0.2, 0.25) is 5.91 Å². The number of hydrogen-bond donors (Lipinski definition) is 1. The van der Waals surface area contributed by atoms with E-state index in [1.807, 2.05) is 24.3 Å². The van der Waals surface area contributed by atoms with Gasteiger partial charge in [-0.05, 0) is 54.4 Å². The van der Waals surface area contributed by atoms with Crippen LogP contribution in [-0.4, -0.2) is 38.7 Å². The summed E-state index contributed by atoms with van der Waals surface area (Å²) < 4.78 is 50.9. The van der Waals surface area contributed by atoms with Crippen molar-refractivity contribution in [3.63, 3.8) is 0 Å². The zero-order valence-electron chi connectivity index (χ0n) is 19.2. The number of alkyl halides is 3. The van der Waals surface area contributed by atoms with Crippen LogP contribution < -0.4 is 19.9 Å². The van der Waals surface area contributed by atoms with Gasteiger partial charge in [0, 0.05) is 37.1 Å². The zero-order valence-corrected chi connectivity index (χ0v) is 19.2. The second kappa shape index (κ2) is 9.20. The largest absolute Gasteiger partial charge is 0.497 e. The minimum Gasteiger partial charge on any atom is -0.497 e. The maximum Gasteiger partial charge on any atom is 0.416 e. The number of methoxy groups -OCH3 is 1. The number of piperazine rings is 1. The highest BCUT2D eigenvalue weighted by Gasteiger charge is 2.42. The molecule has 0 aliphatic carbocycles. The number of amides is 1. The fraction of sp³-hybridized carbons (Fsp3) is 0.346. The molecule has 0 unspecified atom stereocenters. The Morgan fingerprint density at radius 1 is 1.14 bits per heavy atom. The summed E-state index contributed by atoms with van der Waals surface area (Å²) >= 11 is 0. The predicted molar refractivity (Wildman–Crippen MR) is 126 cm³/mol. The molecule has 3 heterocycles. The van der Waals surface area contributed by atoms with Crippen LogP contribution in [0.15, 0.2) is 65.3 Å². The molecule has 3 aromatic rings.